The van der Waals surface area contributed by atoms with E-state index in [4.69, 9.17) is 10.2 Å². The number of aliphatic carboxylic acids is 2. The highest BCUT2D eigenvalue weighted by Crippen LogP contribution is 2.02. The minimum absolute atomic E-state index is 0.133. The minimum Gasteiger partial charge on any atom is -0.481 e. The molecule has 1 aromatic heterocycles. The van der Waals surface area contributed by atoms with Crippen LogP contribution in [0.25, 0.3) is 0 Å². The summed E-state index contributed by atoms with van der Waals surface area (Å²) in [4.78, 5) is 32.5. The molecule has 1 heterocycles. The lowest BCUT2D eigenvalue weighted by atomic mass is 10.1. The Balaban J connectivity index is 2.58. The average Bonchev–Trinajstić information content (AvgIpc) is 2.76. The molecule has 0 saturated carbocycles. The number of hydrogen-bond donors (Lipinski definition) is 3. The van der Waals surface area contributed by atoms with Gasteiger partial charge in [-0.05, 0) is 6.42 Å². The molecule has 0 saturated heterocycles. The molecule has 0 aliphatic carbocycles. The van der Waals surface area contributed by atoms with Crippen molar-refractivity contribution in [2.24, 2.45) is 0 Å². The van der Waals surface area contributed by atoms with Crippen LogP contribution in [0.5, 0.6) is 0 Å². The molecule has 0 fully saturated rings. The monoisotopic (exact) mass is 242 g/mol. The van der Waals surface area contributed by atoms with E-state index in [9.17, 15) is 14.4 Å². The number of hydrogen-bond acceptors (Lipinski definition) is 5. The summed E-state index contributed by atoms with van der Waals surface area (Å²) in [5, 5.41) is 22.6. The third-order valence-electron chi connectivity index (χ3n) is 1.91. The number of carbonyl (C=O) groups excluding carboxylic acids is 1. The fourth-order valence-electron chi connectivity index (χ4n) is 1.09. The lowest BCUT2D eigenvalue weighted by Crippen LogP contribution is -2.41. The van der Waals surface area contributed by atoms with Crippen molar-refractivity contribution >= 4 is 17.8 Å². The van der Waals surface area contributed by atoms with Gasteiger partial charge >= 0.3 is 11.9 Å². The molecule has 1 rings (SSSR count). The van der Waals surface area contributed by atoms with Crippen molar-refractivity contribution in [3.8, 4) is 0 Å². The standard InChI is InChI=1S/C9H10N2O6/c12-7(13)2-1-5(9(15)16)11-8(14)6-3-4-10-17-6/h3-5H,1-2H2,(H,11,14)(H,12,13)(H,15,16). The van der Waals surface area contributed by atoms with Crippen LogP contribution in [0.3, 0.4) is 0 Å². The predicted molar refractivity (Wildman–Crippen MR) is 52.3 cm³/mol. The molecular weight excluding hydrogens is 232 g/mol. The van der Waals surface area contributed by atoms with Gasteiger partial charge in [-0.2, -0.15) is 0 Å². The van der Waals surface area contributed by atoms with Crippen LogP contribution in [0.2, 0.25) is 0 Å². The maximum absolute atomic E-state index is 11.4. The van der Waals surface area contributed by atoms with Crippen molar-refractivity contribution in [3.05, 3.63) is 18.0 Å². The van der Waals surface area contributed by atoms with E-state index in [1.165, 1.54) is 12.3 Å². The summed E-state index contributed by atoms with van der Waals surface area (Å²) in [6.45, 7) is 0. The van der Waals surface area contributed by atoms with Crippen LogP contribution < -0.4 is 5.32 Å². The molecule has 17 heavy (non-hydrogen) atoms. The molecular formula is C9H10N2O6. The van der Waals surface area contributed by atoms with Crippen LogP contribution in [0, 0.1) is 0 Å². The fourth-order valence-corrected chi connectivity index (χ4v) is 1.09. The van der Waals surface area contributed by atoms with Gasteiger partial charge in [0.25, 0.3) is 5.91 Å². The highest BCUT2D eigenvalue weighted by atomic mass is 16.5. The highest BCUT2D eigenvalue weighted by molar-refractivity contribution is 5.94. The zero-order valence-electron chi connectivity index (χ0n) is 8.62. The number of amides is 1. The Kier molecular flexibility index (Phi) is 4.21. The summed E-state index contributed by atoms with van der Waals surface area (Å²) in [7, 11) is 0. The van der Waals surface area contributed by atoms with Crippen LogP contribution in [-0.4, -0.2) is 39.3 Å². The average molecular weight is 242 g/mol. The smallest absolute Gasteiger partial charge is 0.326 e. The molecule has 8 heteroatoms. The van der Waals surface area contributed by atoms with Crippen molar-refractivity contribution in [2.75, 3.05) is 0 Å². The predicted octanol–water partition coefficient (Wildman–Crippen LogP) is -0.278. The molecule has 92 valence electrons. The van der Waals surface area contributed by atoms with E-state index in [2.05, 4.69) is 15.0 Å². The Morgan fingerprint density at radius 3 is 2.59 bits per heavy atom. The van der Waals surface area contributed by atoms with Gasteiger partial charge in [-0.25, -0.2) is 4.79 Å². The molecule has 1 aromatic rings. The number of carboxylic acids is 2. The van der Waals surface area contributed by atoms with Crippen molar-refractivity contribution in [1.82, 2.24) is 10.5 Å². The number of nitrogens with zero attached hydrogens (tertiary/aromatic N) is 1. The van der Waals surface area contributed by atoms with Crippen molar-refractivity contribution in [3.63, 3.8) is 0 Å². The van der Waals surface area contributed by atoms with Gasteiger partial charge in [-0.3, -0.25) is 9.59 Å². The Morgan fingerprint density at radius 1 is 1.41 bits per heavy atom. The summed E-state index contributed by atoms with van der Waals surface area (Å²) in [5.41, 5.74) is 0. The quantitative estimate of drug-likeness (QED) is 0.625. The SMILES string of the molecule is O=C(O)CCC(NC(=O)c1ccno1)C(=O)O. The topological polar surface area (TPSA) is 130 Å². The Morgan fingerprint density at radius 2 is 2.12 bits per heavy atom. The molecule has 1 unspecified atom stereocenters. The van der Waals surface area contributed by atoms with Crippen molar-refractivity contribution in [2.45, 2.75) is 18.9 Å². The molecule has 0 spiro atoms. The summed E-state index contributed by atoms with van der Waals surface area (Å²) >= 11 is 0. The van der Waals surface area contributed by atoms with E-state index >= 15 is 0 Å². The molecule has 3 N–H and O–H groups in total. The number of rotatable bonds is 6. The third kappa shape index (κ3) is 3.93. The Bertz CT molecular complexity index is 413. The second-order valence-electron chi connectivity index (χ2n) is 3.17. The van der Waals surface area contributed by atoms with Crippen LogP contribution in [0.1, 0.15) is 23.4 Å². The second kappa shape index (κ2) is 5.64. The van der Waals surface area contributed by atoms with Gasteiger partial charge in [0.15, 0.2) is 0 Å². The minimum atomic E-state index is -1.31. The van der Waals surface area contributed by atoms with Gasteiger partial charge in [0.1, 0.15) is 6.04 Å². The lowest BCUT2D eigenvalue weighted by Gasteiger charge is -2.11. The first-order chi connectivity index (χ1) is 8.00. The maximum atomic E-state index is 11.4. The first kappa shape index (κ1) is 12.7. The van der Waals surface area contributed by atoms with Gasteiger partial charge in [0.2, 0.25) is 5.76 Å². The van der Waals surface area contributed by atoms with Gasteiger partial charge in [0, 0.05) is 12.5 Å². The van der Waals surface area contributed by atoms with E-state index in [1.54, 1.807) is 0 Å². The van der Waals surface area contributed by atoms with Crippen LogP contribution in [0.4, 0.5) is 0 Å². The van der Waals surface area contributed by atoms with Gasteiger partial charge in [0.05, 0.1) is 6.20 Å². The zero-order valence-corrected chi connectivity index (χ0v) is 8.62. The van der Waals surface area contributed by atoms with E-state index in [0.29, 0.717) is 0 Å². The lowest BCUT2D eigenvalue weighted by molar-refractivity contribution is -0.140. The van der Waals surface area contributed by atoms with E-state index in [1.807, 2.05) is 0 Å². The summed E-state index contributed by atoms with van der Waals surface area (Å²) in [5.74, 6) is -3.32. The zero-order chi connectivity index (χ0) is 12.8. The Labute approximate surface area is 95.2 Å². The number of carboxylic acid groups (broad SMARTS) is 2. The van der Waals surface area contributed by atoms with E-state index in [0.717, 1.165) is 0 Å². The van der Waals surface area contributed by atoms with Gasteiger partial charge < -0.3 is 20.1 Å². The molecule has 0 aliphatic rings. The fraction of sp³-hybridized carbons (Fsp3) is 0.333. The molecule has 1 atom stereocenters. The van der Waals surface area contributed by atoms with E-state index in [-0.39, 0.29) is 18.6 Å². The first-order valence-electron chi connectivity index (χ1n) is 4.67. The maximum Gasteiger partial charge on any atom is 0.326 e. The summed E-state index contributed by atoms with van der Waals surface area (Å²) in [6.07, 6.45) is 0.681. The second-order valence-corrected chi connectivity index (χ2v) is 3.17. The van der Waals surface area contributed by atoms with Gasteiger partial charge in [-0.15, -0.1) is 0 Å². The van der Waals surface area contributed by atoms with Crippen molar-refractivity contribution < 1.29 is 29.1 Å². The molecule has 1 amide bonds. The molecule has 0 bridgehead atoms. The first-order valence-corrected chi connectivity index (χ1v) is 4.67. The molecule has 0 aromatic carbocycles. The van der Waals surface area contributed by atoms with Crippen molar-refractivity contribution in [1.29, 1.82) is 0 Å². The summed E-state index contributed by atoms with van der Waals surface area (Å²) in [6, 6.07) is -0.00507. The molecule has 0 aliphatic heterocycles. The summed E-state index contributed by atoms with van der Waals surface area (Å²) < 4.78 is 4.53. The molecule has 8 nitrogen and oxygen atoms in total. The van der Waals surface area contributed by atoms with Crippen LogP contribution >= 0.6 is 0 Å². The highest BCUT2D eigenvalue weighted by Gasteiger charge is 2.22. The van der Waals surface area contributed by atoms with E-state index < -0.39 is 23.9 Å². The van der Waals surface area contributed by atoms with Gasteiger partial charge in [-0.1, -0.05) is 5.16 Å². The Hall–Kier alpha value is -2.38. The number of nitrogens with one attached hydrogen (secondary N) is 1. The van der Waals surface area contributed by atoms with Crippen LogP contribution in [-0.2, 0) is 9.59 Å². The normalized spacial score (nSPS) is 11.8. The molecule has 0 radical (unpaired) electrons. The largest absolute Gasteiger partial charge is 0.481 e. The number of carbonyl (C=O) groups is 3. The number of aromatic nitrogens is 1. The third-order valence-corrected chi connectivity index (χ3v) is 1.91. The van der Waals surface area contributed by atoms with Crippen LogP contribution in [0.15, 0.2) is 16.8 Å².